The molecule has 2 heterocycles. The lowest BCUT2D eigenvalue weighted by molar-refractivity contribution is 0.174. The first-order chi connectivity index (χ1) is 5.40. The van der Waals surface area contributed by atoms with Crippen molar-refractivity contribution in [3.8, 4) is 0 Å². The van der Waals surface area contributed by atoms with Crippen molar-refractivity contribution in [1.29, 1.82) is 0 Å². The molecule has 0 atom stereocenters. The van der Waals surface area contributed by atoms with Crippen LogP contribution < -0.4 is 0 Å². The maximum Gasteiger partial charge on any atom is 0.233 e. The van der Waals surface area contributed by atoms with Crippen molar-refractivity contribution in [2.24, 2.45) is 0 Å². The summed E-state index contributed by atoms with van der Waals surface area (Å²) in [7, 11) is 0. The molecule has 0 aromatic carbocycles. The number of fused-ring (bicyclic) bond motifs is 1. The van der Waals surface area contributed by atoms with E-state index in [-0.39, 0.29) is 6.61 Å². The van der Waals surface area contributed by atoms with Gasteiger partial charge in [0.05, 0.1) is 5.69 Å². The molecule has 0 amide bonds. The van der Waals surface area contributed by atoms with Crippen LogP contribution >= 0.6 is 0 Å². The zero-order valence-corrected chi connectivity index (χ0v) is 5.77. The fourth-order valence-electron chi connectivity index (χ4n) is 0.949. The van der Waals surface area contributed by atoms with Crippen molar-refractivity contribution in [3.05, 3.63) is 30.4 Å². The molecule has 2 aromatic heterocycles. The van der Waals surface area contributed by atoms with Gasteiger partial charge in [0.2, 0.25) is 5.78 Å². The maximum absolute atomic E-state index is 10.4. The van der Waals surface area contributed by atoms with E-state index in [1.807, 2.05) is 6.20 Å². The van der Waals surface area contributed by atoms with Gasteiger partial charge in [-0.2, -0.15) is 0 Å². The lowest BCUT2D eigenvalue weighted by Crippen LogP contribution is -1.83. The highest BCUT2D eigenvalue weighted by Gasteiger charge is 1.98. The van der Waals surface area contributed by atoms with Gasteiger partial charge in [-0.1, -0.05) is 0 Å². The van der Waals surface area contributed by atoms with Gasteiger partial charge in [-0.25, -0.2) is 15.1 Å². The summed E-state index contributed by atoms with van der Waals surface area (Å²) in [6, 6.07) is 1.79. The molecule has 0 aliphatic carbocycles. The number of nitrogens with zero attached hydrogens (tertiary/aromatic N) is 3. The minimum atomic E-state index is -0.288. The second-order valence-corrected chi connectivity index (χ2v) is 2.20. The quantitative estimate of drug-likeness (QED) is 0.596. The van der Waals surface area contributed by atoms with Crippen LogP contribution in [0.4, 0.5) is 0 Å². The summed E-state index contributed by atoms with van der Waals surface area (Å²) >= 11 is 0. The molecule has 11 heavy (non-hydrogen) atoms. The molecular formula is C7H6N3O. The maximum atomic E-state index is 10.4. The van der Waals surface area contributed by atoms with Gasteiger partial charge in [-0.15, -0.1) is 0 Å². The molecule has 0 unspecified atom stereocenters. The zero-order valence-electron chi connectivity index (χ0n) is 5.77. The van der Waals surface area contributed by atoms with E-state index in [0.717, 1.165) is 0 Å². The van der Waals surface area contributed by atoms with Crippen LogP contribution in [0.1, 0.15) is 5.69 Å². The Hall–Kier alpha value is -1.42. The van der Waals surface area contributed by atoms with Gasteiger partial charge < -0.3 is 0 Å². The van der Waals surface area contributed by atoms with Gasteiger partial charge in [0.1, 0.15) is 6.61 Å². The van der Waals surface area contributed by atoms with Gasteiger partial charge in [-0.05, 0) is 6.07 Å². The summed E-state index contributed by atoms with van der Waals surface area (Å²) in [6.07, 6.45) is 5.15. The van der Waals surface area contributed by atoms with Crippen LogP contribution in [-0.2, 0) is 11.7 Å². The summed E-state index contributed by atoms with van der Waals surface area (Å²) < 4.78 is 1.73. The van der Waals surface area contributed by atoms with Crippen LogP contribution in [-0.4, -0.2) is 14.4 Å². The summed E-state index contributed by atoms with van der Waals surface area (Å²) in [6.45, 7) is -0.288. The van der Waals surface area contributed by atoms with Crippen molar-refractivity contribution in [2.75, 3.05) is 0 Å². The van der Waals surface area contributed by atoms with E-state index < -0.39 is 0 Å². The van der Waals surface area contributed by atoms with E-state index >= 15 is 0 Å². The molecule has 0 aliphatic heterocycles. The van der Waals surface area contributed by atoms with Crippen molar-refractivity contribution in [1.82, 2.24) is 14.4 Å². The van der Waals surface area contributed by atoms with Crippen LogP contribution in [0.5, 0.6) is 0 Å². The number of aromatic nitrogens is 3. The van der Waals surface area contributed by atoms with Crippen LogP contribution in [0.3, 0.4) is 0 Å². The molecule has 0 bridgehead atoms. The molecule has 0 saturated heterocycles. The first-order valence-corrected chi connectivity index (χ1v) is 3.27. The van der Waals surface area contributed by atoms with Gasteiger partial charge >= 0.3 is 0 Å². The number of hydrogen-bond donors (Lipinski definition) is 0. The van der Waals surface area contributed by atoms with E-state index in [0.29, 0.717) is 11.5 Å². The number of hydrogen-bond acceptors (Lipinski definition) is 2. The Labute approximate surface area is 63.1 Å². The highest BCUT2D eigenvalue weighted by Crippen LogP contribution is 2.00. The Morgan fingerprint density at radius 3 is 3.18 bits per heavy atom. The minimum Gasteiger partial charge on any atom is -0.291 e. The lowest BCUT2D eigenvalue weighted by Gasteiger charge is -1.85. The number of imidazole rings is 1. The monoisotopic (exact) mass is 148 g/mol. The Morgan fingerprint density at radius 2 is 2.45 bits per heavy atom. The second kappa shape index (κ2) is 2.32. The smallest absolute Gasteiger partial charge is 0.233 e. The molecule has 0 saturated carbocycles. The first-order valence-electron chi connectivity index (χ1n) is 3.27. The van der Waals surface area contributed by atoms with Gasteiger partial charge in [0.25, 0.3) is 0 Å². The van der Waals surface area contributed by atoms with Crippen molar-refractivity contribution in [3.63, 3.8) is 0 Å². The van der Waals surface area contributed by atoms with Crippen LogP contribution in [0.25, 0.3) is 5.78 Å². The SMILES string of the molecule is [O]Cc1cn2cccnc2n1. The summed E-state index contributed by atoms with van der Waals surface area (Å²) in [5.74, 6) is 0.582. The summed E-state index contributed by atoms with van der Waals surface area (Å²) in [5, 5.41) is 10.4. The average molecular weight is 148 g/mol. The Morgan fingerprint density at radius 1 is 1.55 bits per heavy atom. The predicted octanol–water partition coefficient (Wildman–Crippen LogP) is 0.660. The van der Waals surface area contributed by atoms with Crippen LogP contribution in [0, 0.1) is 0 Å². The average Bonchev–Trinajstić information content (AvgIpc) is 2.46. The Kier molecular flexibility index (Phi) is 1.33. The fraction of sp³-hybridized carbons (Fsp3) is 0.143. The molecule has 55 valence electrons. The van der Waals surface area contributed by atoms with E-state index in [1.165, 1.54) is 0 Å². The number of rotatable bonds is 1. The van der Waals surface area contributed by atoms with Gasteiger partial charge in [-0.3, -0.25) is 4.40 Å². The Bertz CT molecular complexity index is 335. The molecule has 0 fully saturated rings. The van der Waals surface area contributed by atoms with E-state index in [9.17, 15) is 5.11 Å². The fourth-order valence-corrected chi connectivity index (χ4v) is 0.949. The molecule has 0 N–H and O–H groups in total. The largest absolute Gasteiger partial charge is 0.291 e. The molecule has 1 radical (unpaired) electrons. The molecule has 0 spiro atoms. The summed E-state index contributed by atoms with van der Waals surface area (Å²) in [5.41, 5.74) is 0.531. The van der Waals surface area contributed by atoms with E-state index in [4.69, 9.17) is 0 Å². The third-order valence-electron chi connectivity index (χ3n) is 1.43. The van der Waals surface area contributed by atoms with Crippen molar-refractivity contribution < 1.29 is 5.11 Å². The third-order valence-corrected chi connectivity index (χ3v) is 1.43. The molecule has 4 nitrogen and oxygen atoms in total. The first kappa shape index (κ1) is 6.30. The van der Waals surface area contributed by atoms with Crippen LogP contribution in [0.2, 0.25) is 0 Å². The highest BCUT2D eigenvalue weighted by molar-refractivity contribution is 5.29. The zero-order chi connectivity index (χ0) is 7.68. The van der Waals surface area contributed by atoms with Crippen molar-refractivity contribution >= 4 is 5.78 Å². The molecule has 2 aromatic rings. The van der Waals surface area contributed by atoms with Crippen LogP contribution in [0.15, 0.2) is 24.7 Å². The predicted molar refractivity (Wildman–Crippen MR) is 37.4 cm³/mol. The lowest BCUT2D eigenvalue weighted by atomic mass is 10.5. The van der Waals surface area contributed by atoms with E-state index in [1.54, 1.807) is 22.9 Å². The van der Waals surface area contributed by atoms with E-state index in [2.05, 4.69) is 9.97 Å². The highest BCUT2D eigenvalue weighted by atomic mass is 16.3. The summed E-state index contributed by atoms with van der Waals surface area (Å²) in [4.78, 5) is 7.93. The second-order valence-electron chi connectivity index (χ2n) is 2.20. The molecule has 4 heteroatoms. The third kappa shape index (κ3) is 0.969. The molecular weight excluding hydrogens is 142 g/mol. The normalized spacial score (nSPS) is 10.6. The molecule has 0 aliphatic rings. The van der Waals surface area contributed by atoms with Gasteiger partial charge in [0, 0.05) is 18.6 Å². The minimum absolute atomic E-state index is 0.288. The van der Waals surface area contributed by atoms with Crippen molar-refractivity contribution in [2.45, 2.75) is 6.61 Å². The standard InChI is InChI=1S/C7H6N3O/c11-5-6-4-10-3-1-2-8-7(10)9-6/h1-4H,5H2. The topological polar surface area (TPSA) is 50.1 Å². The van der Waals surface area contributed by atoms with Gasteiger partial charge in [0.15, 0.2) is 0 Å². The Balaban J connectivity index is 2.69. The molecule has 2 rings (SSSR count).